The molecule has 88 valence electrons. The Bertz CT molecular complexity index is 198. The molecule has 2 aliphatic rings. The van der Waals surface area contributed by atoms with E-state index in [1.165, 1.54) is 12.8 Å². The smallest absolute Gasteiger partial charge is 0.0877 e. The van der Waals surface area contributed by atoms with Crippen LogP contribution in [0.1, 0.15) is 32.6 Å². The maximum absolute atomic E-state index is 5.85. The lowest BCUT2D eigenvalue weighted by Gasteiger charge is -2.43. The highest BCUT2D eigenvalue weighted by molar-refractivity contribution is 5.02. The molecule has 0 aromatic carbocycles. The summed E-state index contributed by atoms with van der Waals surface area (Å²) in [6, 6.07) is 0.538. The summed E-state index contributed by atoms with van der Waals surface area (Å²) in [4.78, 5) is 0. The van der Waals surface area contributed by atoms with Crippen LogP contribution in [-0.2, 0) is 9.47 Å². The Kier molecular flexibility index (Phi) is 3.65. The molecule has 0 bridgehead atoms. The van der Waals surface area contributed by atoms with Gasteiger partial charge in [-0.2, -0.15) is 0 Å². The van der Waals surface area contributed by atoms with Gasteiger partial charge in [0.2, 0.25) is 0 Å². The van der Waals surface area contributed by atoms with Crippen LogP contribution in [0.15, 0.2) is 0 Å². The van der Waals surface area contributed by atoms with Crippen LogP contribution >= 0.6 is 0 Å². The third-order valence-electron chi connectivity index (χ3n) is 3.83. The molecular weight excluding hydrogens is 190 g/mol. The fourth-order valence-electron chi connectivity index (χ4n) is 2.79. The number of likely N-dealkylation sites (N-methyl/N-ethyl adjacent to an activating group) is 1. The molecule has 0 spiro atoms. The van der Waals surface area contributed by atoms with Crippen LogP contribution < -0.4 is 5.32 Å². The Labute approximate surface area is 92.5 Å². The van der Waals surface area contributed by atoms with Crippen molar-refractivity contribution in [2.24, 2.45) is 5.92 Å². The van der Waals surface area contributed by atoms with Crippen LogP contribution in [0.2, 0.25) is 0 Å². The van der Waals surface area contributed by atoms with Crippen LogP contribution in [-0.4, -0.2) is 38.5 Å². The molecule has 1 aliphatic heterocycles. The summed E-state index contributed by atoms with van der Waals surface area (Å²) in [5, 5.41) is 3.63. The van der Waals surface area contributed by atoms with Gasteiger partial charge in [-0.05, 0) is 25.3 Å². The molecule has 1 aliphatic carbocycles. The van der Waals surface area contributed by atoms with E-state index in [2.05, 4.69) is 12.2 Å². The number of methoxy groups -OCH3 is 1. The Morgan fingerprint density at radius 3 is 2.53 bits per heavy atom. The van der Waals surface area contributed by atoms with Gasteiger partial charge in [0, 0.05) is 39.2 Å². The molecule has 0 amide bonds. The van der Waals surface area contributed by atoms with E-state index >= 15 is 0 Å². The highest BCUT2D eigenvalue weighted by Crippen LogP contribution is 2.42. The monoisotopic (exact) mass is 213 g/mol. The van der Waals surface area contributed by atoms with Crippen molar-refractivity contribution in [1.82, 2.24) is 5.32 Å². The second kappa shape index (κ2) is 4.81. The minimum absolute atomic E-state index is 0.0371. The van der Waals surface area contributed by atoms with Gasteiger partial charge in [0.1, 0.15) is 0 Å². The van der Waals surface area contributed by atoms with Crippen molar-refractivity contribution in [3.63, 3.8) is 0 Å². The SMILES string of the molecule is CCNC(C1CC1)C1(OC)CCOCC1. The van der Waals surface area contributed by atoms with Crippen molar-refractivity contribution in [3.8, 4) is 0 Å². The second-order valence-corrected chi connectivity index (χ2v) is 4.75. The molecule has 0 aromatic heterocycles. The third-order valence-corrected chi connectivity index (χ3v) is 3.83. The van der Waals surface area contributed by atoms with Crippen molar-refractivity contribution < 1.29 is 9.47 Å². The van der Waals surface area contributed by atoms with Crippen molar-refractivity contribution in [2.45, 2.75) is 44.2 Å². The first-order valence-electron chi connectivity index (χ1n) is 6.18. The Hall–Kier alpha value is -0.120. The van der Waals surface area contributed by atoms with Gasteiger partial charge in [0.05, 0.1) is 5.60 Å². The van der Waals surface area contributed by atoms with Gasteiger partial charge in [-0.25, -0.2) is 0 Å². The summed E-state index contributed by atoms with van der Waals surface area (Å²) >= 11 is 0. The molecule has 3 heteroatoms. The Balaban J connectivity index is 2.05. The lowest BCUT2D eigenvalue weighted by Crippen LogP contribution is -2.56. The zero-order valence-corrected chi connectivity index (χ0v) is 9.92. The molecule has 1 atom stereocenters. The lowest BCUT2D eigenvalue weighted by molar-refractivity contribution is -0.114. The van der Waals surface area contributed by atoms with Crippen molar-refractivity contribution in [2.75, 3.05) is 26.9 Å². The van der Waals surface area contributed by atoms with Crippen LogP contribution in [0.25, 0.3) is 0 Å². The van der Waals surface area contributed by atoms with Gasteiger partial charge in [-0.15, -0.1) is 0 Å². The molecule has 2 fully saturated rings. The third kappa shape index (κ3) is 2.35. The van der Waals surface area contributed by atoms with Gasteiger partial charge >= 0.3 is 0 Å². The standard InChI is InChI=1S/C12H23NO2/c1-3-13-11(10-4-5-10)12(14-2)6-8-15-9-7-12/h10-11,13H,3-9H2,1-2H3. The quantitative estimate of drug-likeness (QED) is 0.752. The number of hydrogen-bond acceptors (Lipinski definition) is 3. The lowest BCUT2D eigenvalue weighted by atomic mass is 9.83. The first kappa shape index (κ1) is 11.4. The van der Waals surface area contributed by atoms with Crippen molar-refractivity contribution in [3.05, 3.63) is 0 Å². The number of nitrogens with one attached hydrogen (secondary N) is 1. The maximum atomic E-state index is 5.85. The summed E-state index contributed by atoms with van der Waals surface area (Å²) in [6.07, 6.45) is 4.81. The summed E-state index contributed by atoms with van der Waals surface area (Å²) in [5.74, 6) is 0.836. The summed E-state index contributed by atoms with van der Waals surface area (Å²) in [7, 11) is 1.86. The molecule has 15 heavy (non-hydrogen) atoms. The average Bonchev–Trinajstić information content (AvgIpc) is 3.11. The molecule has 3 nitrogen and oxygen atoms in total. The zero-order valence-electron chi connectivity index (χ0n) is 9.92. The fourth-order valence-corrected chi connectivity index (χ4v) is 2.79. The van der Waals surface area contributed by atoms with Crippen LogP contribution in [0, 0.1) is 5.92 Å². The van der Waals surface area contributed by atoms with E-state index in [1.54, 1.807) is 0 Å². The molecule has 0 aromatic rings. The first-order valence-corrected chi connectivity index (χ1v) is 6.18. The molecule has 0 radical (unpaired) electrons. The number of rotatable bonds is 5. The zero-order chi connectivity index (χ0) is 10.7. The average molecular weight is 213 g/mol. The van der Waals surface area contributed by atoms with Crippen LogP contribution in [0.3, 0.4) is 0 Å². The van der Waals surface area contributed by atoms with Gasteiger partial charge in [0.25, 0.3) is 0 Å². The van der Waals surface area contributed by atoms with E-state index in [0.29, 0.717) is 6.04 Å². The van der Waals surface area contributed by atoms with Crippen molar-refractivity contribution in [1.29, 1.82) is 0 Å². The van der Waals surface area contributed by atoms with Crippen LogP contribution in [0.5, 0.6) is 0 Å². The van der Waals surface area contributed by atoms with Gasteiger partial charge < -0.3 is 14.8 Å². The normalized spacial score (nSPS) is 27.6. The summed E-state index contributed by atoms with van der Waals surface area (Å²) < 4.78 is 11.3. The maximum Gasteiger partial charge on any atom is 0.0877 e. The number of hydrogen-bond donors (Lipinski definition) is 1. The fraction of sp³-hybridized carbons (Fsp3) is 1.00. The molecule has 1 saturated carbocycles. The highest BCUT2D eigenvalue weighted by atomic mass is 16.5. The predicted molar refractivity (Wildman–Crippen MR) is 60.0 cm³/mol. The number of ether oxygens (including phenoxy) is 2. The van der Waals surface area contributed by atoms with Crippen LogP contribution in [0.4, 0.5) is 0 Å². The van der Waals surface area contributed by atoms with E-state index < -0.39 is 0 Å². The molecule has 1 unspecified atom stereocenters. The second-order valence-electron chi connectivity index (χ2n) is 4.75. The van der Waals surface area contributed by atoms with E-state index in [9.17, 15) is 0 Å². The Morgan fingerprint density at radius 1 is 1.40 bits per heavy atom. The molecular formula is C12H23NO2. The predicted octanol–water partition coefficient (Wildman–Crippen LogP) is 1.57. The molecule has 1 saturated heterocycles. The minimum Gasteiger partial charge on any atom is -0.381 e. The largest absolute Gasteiger partial charge is 0.381 e. The van der Waals surface area contributed by atoms with Gasteiger partial charge in [-0.1, -0.05) is 6.92 Å². The molecule has 2 rings (SSSR count). The van der Waals surface area contributed by atoms with Gasteiger partial charge in [-0.3, -0.25) is 0 Å². The van der Waals surface area contributed by atoms with Gasteiger partial charge in [0.15, 0.2) is 0 Å². The molecule has 1 heterocycles. The minimum atomic E-state index is 0.0371. The summed E-state index contributed by atoms with van der Waals surface area (Å²) in [5.41, 5.74) is 0.0371. The van der Waals surface area contributed by atoms with E-state index in [-0.39, 0.29) is 5.60 Å². The van der Waals surface area contributed by atoms with E-state index in [0.717, 1.165) is 38.5 Å². The van der Waals surface area contributed by atoms with E-state index in [4.69, 9.17) is 9.47 Å². The molecule has 1 N–H and O–H groups in total. The van der Waals surface area contributed by atoms with E-state index in [1.807, 2.05) is 7.11 Å². The summed E-state index contributed by atoms with van der Waals surface area (Å²) in [6.45, 7) is 4.91. The van der Waals surface area contributed by atoms with Crippen molar-refractivity contribution >= 4 is 0 Å². The highest BCUT2D eigenvalue weighted by Gasteiger charge is 2.47. The Morgan fingerprint density at radius 2 is 2.07 bits per heavy atom. The topological polar surface area (TPSA) is 30.5 Å². The first-order chi connectivity index (χ1) is 7.32.